The van der Waals surface area contributed by atoms with E-state index in [2.05, 4.69) is 27.2 Å². The van der Waals surface area contributed by atoms with Crippen LogP contribution < -0.4 is 16.0 Å². The van der Waals surface area contributed by atoms with Crippen LogP contribution in [0.2, 0.25) is 0 Å². The van der Waals surface area contributed by atoms with E-state index in [4.69, 9.17) is 0 Å². The Balaban J connectivity index is 0.00000392. The highest BCUT2D eigenvalue weighted by Gasteiger charge is 2.24. The molecule has 1 fully saturated rings. The first-order valence-electron chi connectivity index (χ1n) is 9.53. The number of thioether (sulfide) groups is 1. The predicted molar refractivity (Wildman–Crippen MR) is 131 cm³/mol. The average Bonchev–Trinajstić information content (AvgIpc) is 3.12. The molecule has 1 saturated carbocycles. The molecule has 1 aromatic rings. The van der Waals surface area contributed by atoms with E-state index >= 15 is 0 Å². The second-order valence-electron chi connectivity index (χ2n) is 7.20. The Morgan fingerprint density at radius 2 is 2.07 bits per heavy atom. The fraction of sp³-hybridized carbons (Fsp3) is 0.600. The number of likely N-dealkylation sites (N-methyl/N-ethyl adjacent to an activating group) is 1. The van der Waals surface area contributed by atoms with E-state index in [1.807, 2.05) is 55.0 Å². The van der Waals surface area contributed by atoms with Crippen molar-refractivity contribution >= 4 is 47.6 Å². The molecule has 158 valence electrons. The molecule has 0 radical (unpaired) electrons. The molecule has 0 heterocycles. The lowest BCUT2D eigenvalue weighted by Crippen LogP contribution is -2.42. The Labute approximate surface area is 190 Å². The lowest BCUT2D eigenvalue weighted by Gasteiger charge is -2.17. The molecule has 2 rings (SSSR count). The van der Waals surface area contributed by atoms with Crippen molar-refractivity contribution in [2.45, 2.75) is 37.1 Å². The first kappa shape index (κ1) is 25.0. The molecular formula is C20H34IN5OS. The molecule has 0 bridgehead atoms. The average molecular weight is 519 g/mol. The molecule has 0 saturated heterocycles. The van der Waals surface area contributed by atoms with Gasteiger partial charge in [0.15, 0.2) is 5.96 Å². The number of nitrogens with one attached hydrogen (secondary N) is 3. The van der Waals surface area contributed by atoms with Gasteiger partial charge >= 0.3 is 0 Å². The molecule has 2 unspecified atom stereocenters. The number of guanidine groups is 1. The Morgan fingerprint density at radius 3 is 2.71 bits per heavy atom. The molecular weight excluding hydrogens is 485 g/mol. The first-order valence-corrected chi connectivity index (χ1v) is 10.8. The largest absolute Gasteiger partial charge is 0.354 e. The van der Waals surface area contributed by atoms with Gasteiger partial charge < -0.3 is 20.9 Å². The van der Waals surface area contributed by atoms with Crippen LogP contribution in [0.4, 0.5) is 0 Å². The van der Waals surface area contributed by atoms with Crippen molar-refractivity contribution in [3.05, 3.63) is 35.4 Å². The third kappa shape index (κ3) is 8.57. The van der Waals surface area contributed by atoms with Crippen LogP contribution in [0.25, 0.3) is 0 Å². The monoisotopic (exact) mass is 519 g/mol. The minimum absolute atomic E-state index is 0. The van der Waals surface area contributed by atoms with Crippen LogP contribution in [-0.4, -0.2) is 68.5 Å². The highest BCUT2D eigenvalue weighted by Crippen LogP contribution is 2.27. The second-order valence-corrected chi connectivity index (χ2v) is 8.34. The number of hydrogen-bond donors (Lipinski definition) is 3. The summed E-state index contributed by atoms with van der Waals surface area (Å²) in [5.41, 5.74) is 1.75. The maximum absolute atomic E-state index is 12.3. The van der Waals surface area contributed by atoms with Crippen LogP contribution in [0.3, 0.4) is 0 Å². The predicted octanol–water partition coefficient (Wildman–Crippen LogP) is 2.55. The fourth-order valence-electron chi connectivity index (χ4n) is 3.18. The summed E-state index contributed by atoms with van der Waals surface area (Å²) in [5, 5.41) is 10.6. The fourth-order valence-corrected chi connectivity index (χ4v) is 3.97. The third-order valence-corrected chi connectivity index (χ3v) is 5.87. The summed E-state index contributed by atoms with van der Waals surface area (Å²) < 4.78 is 0. The number of aliphatic imine (C=N–C) groups is 1. The lowest BCUT2D eigenvalue weighted by atomic mass is 10.1. The molecule has 28 heavy (non-hydrogen) atoms. The number of benzene rings is 1. The summed E-state index contributed by atoms with van der Waals surface area (Å²) in [4.78, 5) is 18.7. The number of halogens is 1. The zero-order valence-corrected chi connectivity index (χ0v) is 20.5. The summed E-state index contributed by atoms with van der Waals surface area (Å²) in [6, 6.07) is 8.22. The minimum atomic E-state index is -0.0322. The van der Waals surface area contributed by atoms with Crippen molar-refractivity contribution in [3.8, 4) is 0 Å². The van der Waals surface area contributed by atoms with Gasteiger partial charge in [-0.3, -0.25) is 9.79 Å². The Hall–Kier alpha value is -1.00. The molecule has 1 aromatic carbocycles. The molecule has 6 nitrogen and oxygen atoms in total. The second kappa shape index (κ2) is 13.3. The van der Waals surface area contributed by atoms with Crippen LogP contribution in [0.5, 0.6) is 0 Å². The van der Waals surface area contributed by atoms with Crippen molar-refractivity contribution in [2.75, 3.05) is 40.5 Å². The van der Waals surface area contributed by atoms with E-state index in [0.29, 0.717) is 24.7 Å². The number of carbonyl (C=O) groups is 1. The maximum atomic E-state index is 12.3. The van der Waals surface area contributed by atoms with Crippen molar-refractivity contribution in [1.29, 1.82) is 0 Å². The van der Waals surface area contributed by atoms with Gasteiger partial charge in [0.25, 0.3) is 5.91 Å². The van der Waals surface area contributed by atoms with Gasteiger partial charge in [-0.2, -0.15) is 11.8 Å². The topological polar surface area (TPSA) is 68.8 Å². The normalized spacial score (nSPS) is 19.2. The molecule has 8 heteroatoms. The zero-order chi connectivity index (χ0) is 19.6. The van der Waals surface area contributed by atoms with E-state index in [-0.39, 0.29) is 29.9 Å². The third-order valence-electron chi connectivity index (χ3n) is 4.78. The van der Waals surface area contributed by atoms with Crippen molar-refractivity contribution in [1.82, 2.24) is 20.9 Å². The van der Waals surface area contributed by atoms with Crippen LogP contribution in [0, 0.1) is 0 Å². The summed E-state index contributed by atoms with van der Waals surface area (Å²) in [5.74, 6) is 0.790. The summed E-state index contributed by atoms with van der Waals surface area (Å²) >= 11 is 1.95. The minimum Gasteiger partial charge on any atom is -0.354 e. The first-order chi connectivity index (χ1) is 13.0. The van der Waals surface area contributed by atoms with E-state index in [9.17, 15) is 4.79 Å². The number of carbonyl (C=O) groups excluding carboxylic acids is 1. The number of amides is 1. The number of rotatable bonds is 8. The Kier molecular flexibility index (Phi) is 11.9. The van der Waals surface area contributed by atoms with E-state index in [1.54, 1.807) is 7.05 Å². The number of nitrogens with zero attached hydrogens (tertiary/aromatic N) is 2. The number of hydrogen-bond acceptors (Lipinski definition) is 4. The van der Waals surface area contributed by atoms with E-state index in [0.717, 1.165) is 23.3 Å². The molecule has 0 aliphatic heterocycles. The highest BCUT2D eigenvalue weighted by molar-refractivity contribution is 14.0. The SMILES string of the molecule is CN=C(NCc1cccc(C(=O)NCCN(C)C)c1)NC1CCC(SC)C1.I. The summed E-state index contributed by atoms with van der Waals surface area (Å²) in [7, 11) is 5.78. The maximum Gasteiger partial charge on any atom is 0.251 e. The van der Waals surface area contributed by atoms with Crippen molar-refractivity contribution in [2.24, 2.45) is 4.99 Å². The summed E-state index contributed by atoms with van der Waals surface area (Å²) in [6.45, 7) is 2.11. The molecule has 1 aliphatic carbocycles. The standard InChI is InChI=1S/C20H33N5OS.HI/c1-21-20(24-17-8-9-18(13-17)27-4)23-14-15-6-5-7-16(12-15)19(26)22-10-11-25(2)3;/h5-7,12,17-18H,8-11,13-14H2,1-4H3,(H,22,26)(H2,21,23,24);1H. The highest BCUT2D eigenvalue weighted by atomic mass is 127. The van der Waals surface area contributed by atoms with Gasteiger partial charge in [-0.25, -0.2) is 0 Å². The van der Waals surface area contributed by atoms with Gasteiger partial charge in [0.1, 0.15) is 0 Å². The Morgan fingerprint density at radius 1 is 1.29 bits per heavy atom. The van der Waals surface area contributed by atoms with Crippen molar-refractivity contribution in [3.63, 3.8) is 0 Å². The van der Waals surface area contributed by atoms with Gasteiger partial charge in [0.05, 0.1) is 0 Å². The molecule has 1 amide bonds. The van der Waals surface area contributed by atoms with E-state index in [1.165, 1.54) is 19.3 Å². The molecule has 0 spiro atoms. The van der Waals surface area contributed by atoms with E-state index < -0.39 is 0 Å². The Bertz CT molecular complexity index is 641. The van der Waals surface area contributed by atoms with Gasteiger partial charge in [-0.05, 0) is 57.3 Å². The smallest absolute Gasteiger partial charge is 0.251 e. The molecule has 2 atom stereocenters. The molecule has 0 aromatic heterocycles. The summed E-state index contributed by atoms with van der Waals surface area (Å²) in [6.07, 6.45) is 5.82. The lowest BCUT2D eigenvalue weighted by molar-refractivity contribution is 0.0951. The van der Waals surface area contributed by atoms with Crippen LogP contribution in [0.15, 0.2) is 29.3 Å². The van der Waals surface area contributed by atoms with Gasteiger partial charge in [-0.1, -0.05) is 12.1 Å². The van der Waals surface area contributed by atoms with Crippen LogP contribution >= 0.6 is 35.7 Å². The van der Waals surface area contributed by atoms with Gasteiger partial charge in [0, 0.05) is 43.5 Å². The quantitative estimate of drug-likeness (QED) is 0.280. The molecule has 3 N–H and O–H groups in total. The van der Waals surface area contributed by atoms with Crippen LogP contribution in [0.1, 0.15) is 35.2 Å². The zero-order valence-electron chi connectivity index (χ0n) is 17.3. The van der Waals surface area contributed by atoms with Crippen LogP contribution in [-0.2, 0) is 6.54 Å². The van der Waals surface area contributed by atoms with Gasteiger partial charge in [0.2, 0.25) is 0 Å². The van der Waals surface area contributed by atoms with Gasteiger partial charge in [-0.15, -0.1) is 24.0 Å². The van der Waals surface area contributed by atoms with Crippen molar-refractivity contribution < 1.29 is 4.79 Å². The molecule has 1 aliphatic rings.